The van der Waals surface area contributed by atoms with Crippen LogP contribution in [0.4, 0.5) is 4.79 Å². The standard InChI is InChI=1S/C8H17N3O2/c1-10-8(12)11-3-2-4-13-7(5-9)6-11/h7H,2-6,9H2,1H3,(H,10,12). The van der Waals surface area contributed by atoms with Crippen molar-refractivity contribution in [2.75, 3.05) is 33.3 Å². The predicted octanol–water partition coefficient (Wildman–Crippen LogP) is -0.625. The first-order chi connectivity index (χ1) is 6.27. The summed E-state index contributed by atoms with van der Waals surface area (Å²) in [5.74, 6) is 0. The lowest BCUT2D eigenvalue weighted by atomic mass is 10.3. The highest BCUT2D eigenvalue weighted by molar-refractivity contribution is 5.73. The van der Waals surface area contributed by atoms with Crippen molar-refractivity contribution in [1.29, 1.82) is 0 Å². The van der Waals surface area contributed by atoms with Gasteiger partial charge in [0.15, 0.2) is 0 Å². The van der Waals surface area contributed by atoms with E-state index in [-0.39, 0.29) is 12.1 Å². The maximum atomic E-state index is 11.3. The summed E-state index contributed by atoms with van der Waals surface area (Å²) in [5.41, 5.74) is 5.49. The fourth-order valence-corrected chi connectivity index (χ4v) is 1.38. The zero-order chi connectivity index (χ0) is 9.68. The van der Waals surface area contributed by atoms with E-state index in [2.05, 4.69) is 5.32 Å². The molecule has 1 heterocycles. The quantitative estimate of drug-likeness (QED) is 0.574. The molecule has 3 N–H and O–H groups in total. The van der Waals surface area contributed by atoms with E-state index in [1.807, 2.05) is 0 Å². The minimum atomic E-state index is -0.0519. The molecule has 2 amide bonds. The summed E-state index contributed by atoms with van der Waals surface area (Å²) in [5, 5.41) is 2.60. The topological polar surface area (TPSA) is 67.6 Å². The first kappa shape index (κ1) is 10.3. The van der Waals surface area contributed by atoms with Gasteiger partial charge in [-0.3, -0.25) is 0 Å². The van der Waals surface area contributed by atoms with E-state index in [1.165, 1.54) is 0 Å². The third-order valence-electron chi connectivity index (χ3n) is 2.11. The van der Waals surface area contributed by atoms with Crippen LogP contribution in [0, 0.1) is 0 Å². The second kappa shape index (κ2) is 5.04. The Hall–Kier alpha value is -0.810. The molecule has 0 aliphatic carbocycles. The van der Waals surface area contributed by atoms with Crippen molar-refractivity contribution < 1.29 is 9.53 Å². The molecule has 0 saturated carbocycles. The van der Waals surface area contributed by atoms with Gasteiger partial charge < -0.3 is 20.7 Å². The molecule has 1 rings (SSSR count). The molecule has 1 aliphatic heterocycles. The number of urea groups is 1. The molecule has 0 bridgehead atoms. The van der Waals surface area contributed by atoms with Gasteiger partial charge in [0.1, 0.15) is 0 Å². The number of nitrogens with zero attached hydrogens (tertiary/aromatic N) is 1. The minimum Gasteiger partial charge on any atom is -0.375 e. The van der Waals surface area contributed by atoms with Crippen molar-refractivity contribution in [3.05, 3.63) is 0 Å². The average Bonchev–Trinajstić information content (AvgIpc) is 2.41. The van der Waals surface area contributed by atoms with Gasteiger partial charge in [-0.2, -0.15) is 0 Å². The van der Waals surface area contributed by atoms with Gasteiger partial charge in [-0.1, -0.05) is 0 Å². The maximum absolute atomic E-state index is 11.3. The normalized spacial score (nSPS) is 23.8. The highest BCUT2D eigenvalue weighted by atomic mass is 16.5. The lowest BCUT2D eigenvalue weighted by Gasteiger charge is -2.22. The Labute approximate surface area is 78.2 Å². The fraction of sp³-hybridized carbons (Fsp3) is 0.875. The van der Waals surface area contributed by atoms with Gasteiger partial charge in [0.05, 0.1) is 6.10 Å². The van der Waals surface area contributed by atoms with Gasteiger partial charge in [0.2, 0.25) is 0 Å². The highest BCUT2D eigenvalue weighted by Gasteiger charge is 2.20. The molecule has 1 fully saturated rings. The van der Waals surface area contributed by atoms with Crippen molar-refractivity contribution >= 4 is 6.03 Å². The first-order valence-electron chi connectivity index (χ1n) is 4.56. The lowest BCUT2D eigenvalue weighted by Crippen LogP contribution is -2.43. The van der Waals surface area contributed by atoms with E-state index in [4.69, 9.17) is 10.5 Å². The van der Waals surface area contributed by atoms with Gasteiger partial charge in [-0.25, -0.2) is 4.79 Å². The molecule has 0 radical (unpaired) electrons. The number of hydrogen-bond acceptors (Lipinski definition) is 3. The molecule has 1 saturated heterocycles. The Morgan fingerprint density at radius 1 is 1.77 bits per heavy atom. The molecule has 1 unspecified atom stereocenters. The Morgan fingerprint density at radius 2 is 2.54 bits per heavy atom. The molecule has 1 aliphatic rings. The van der Waals surface area contributed by atoms with Crippen LogP contribution in [-0.4, -0.2) is 50.3 Å². The van der Waals surface area contributed by atoms with Gasteiger partial charge in [-0.15, -0.1) is 0 Å². The summed E-state index contributed by atoms with van der Waals surface area (Å²) in [7, 11) is 1.63. The summed E-state index contributed by atoms with van der Waals surface area (Å²) >= 11 is 0. The van der Waals surface area contributed by atoms with Crippen LogP contribution >= 0.6 is 0 Å². The number of amides is 2. The number of carbonyl (C=O) groups is 1. The second-order valence-electron chi connectivity index (χ2n) is 3.08. The summed E-state index contributed by atoms with van der Waals surface area (Å²) in [6.07, 6.45) is 0.865. The largest absolute Gasteiger partial charge is 0.375 e. The average molecular weight is 187 g/mol. The van der Waals surface area contributed by atoms with Crippen LogP contribution in [-0.2, 0) is 4.74 Å². The van der Waals surface area contributed by atoms with Gasteiger partial charge in [0.25, 0.3) is 0 Å². The summed E-state index contributed by atoms with van der Waals surface area (Å²) in [6.45, 7) is 2.50. The van der Waals surface area contributed by atoms with Crippen molar-refractivity contribution in [3.63, 3.8) is 0 Å². The Morgan fingerprint density at radius 3 is 3.15 bits per heavy atom. The third-order valence-corrected chi connectivity index (χ3v) is 2.11. The van der Waals surface area contributed by atoms with E-state index in [0.29, 0.717) is 19.7 Å². The van der Waals surface area contributed by atoms with Gasteiger partial charge in [-0.05, 0) is 6.42 Å². The molecule has 13 heavy (non-hydrogen) atoms. The SMILES string of the molecule is CNC(=O)N1CCCOC(CN)C1. The molecule has 5 nitrogen and oxygen atoms in total. The monoisotopic (exact) mass is 187 g/mol. The van der Waals surface area contributed by atoms with E-state index in [9.17, 15) is 4.79 Å². The van der Waals surface area contributed by atoms with E-state index in [0.717, 1.165) is 13.0 Å². The van der Waals surface area contributed by atoms with Crippen molar-refractivity contribution in [1.82, 2.24) is 10.2 Å². The molecular weight excluding hydrogens is 170 g/mol. The van der Waals surface area contributed by atoms with Crippen molar-refractivity contribution in [3.8, 4) is 0 Å². The first-order valence-corrected chi connectivity index (χ1v) is 4.56. The Bertz CT molecular complexity index is 175. The minimum absolute atomic E-state index is 0.0141. The van der Waals surface area contributed by atoms with Crippen molar-refractivity contribution in [2.24, 2.45) is 5.73 Å². The molecule has 0 aromatic heterocycles. The molecule has 76 valence electrons. The number of hydrogen-bond donors (Lipinski definition) is 2. The summed E-state index contributed by atoms with van der Waals surface area (Å²) in [6, 6.07) is -0.0519. The number of nitrogens with one attached hydrogen (secondary N) is 1. The highest BCUT2D eigenvalue weighted by Crippen LogP contribution is 2.04. The van der Waals surface area contributed by atoms with Crippen LogP contribution in [0.3, 0.4) is 0 Å². The Balaban J connectivity index is 2.48. The summed E-state index contributed by atoms with van der Waals surface area (Å²) < 4.78 is 5.43. The molecule has 0 aromatic rings. The van der Waals surface area contributed by atoms with Crippen LogP contribution in [0.5, 0.6) is 0 Å². The number of rotatable bonds is 1. The molecule has 1 atom stereocenters. The van der Waals surface area contributed by atoms with Crippen molar-refractivity contribution in [2.45, 2.75) is 12.5 Å². The summed E-state index contributed by atoms with van der Waals surface area (Å²) in [4.78, 5) is 13.0. The smallest absolute Gasteiger partial charge is 0.317 e. The predicted molar refractivity (Wildman–Crippen MR) is 49.4 cm³/mol. The zero-order valence-electron chi connectivity index (χ0n) is 7.95. The third kappa shape index (κ3) is 2.86. The molecular formula is C8H17N3O2. The van der Waals surface area contributed by atoms with E-state index >= 15 is 0 Å². The van der Waals surface area contributed by atoms with E-state index in [1.54, 1.807) is 11.9 Å². The number of ether oxygens (including phenoxy) is 1. The van der Waals surface area contributed by atoms with Crippen LogP contribution in [0.25, 0.3) is 0 Å². The van der Waals surface area contributed by atoms with Crippen LogP contribution in [0.15, 0.2) is 0 Å². The lowest BCUT2D eigenvalue weighted by molar-refractivity contribution is 0.0641. The maximum Gasteiger partial charge on any atom is 0.317 e. The Kier molecular flexibility index (Phi) is 3.98. The van der Waals surface area contributed by atoms with Crippen LogP contribution in [0.1, 0.15) is 6.42 Å². The molecule has 5 heteroatoms. The number of carbonyl (C=O) groups excluding carboxylic acids is 1. The van der Waals surface area contributed by atoms with E-state index < -0.39 is 0 Å². The fourth-order valence-electron chi connectivity index (χ4n) is 1.38. The zero-order valence-corrected chi connectivity index (χ0v) is 7.95. The molecule has 0 spiro atoms. The van der Waals surface area contributed by atoms with Gasteiger partial charge in [0, 0.05) is 33.3 Å². The van der Waals surface area contributed by atoms with Gasteiger partial charge >= 0.3 is 6.03 Å². The van der Waals surface area contributed by atoms with Crippen LogP contribution < -0.4 is 11.1 Å². The van der Waals surface area contributed by atoms with Crippen LogP contribution in [0.2, 0.25) is 0 Å². The molecule has 0 aromatic carbocycles. The number of nitrogens with two attached hydrogens (primary N) is 1. The second-order valence-corrected chi connectivity index (χ2v) is 3.08.